The molecule has 7 heteroatoms. The number of hydrogen-bond acceptors (Lipinski definition) is 4. The molecule has 1 amide bonds. The Kier molecular flexibility index (Phi) is 4.19. The molecule has 7 nitrogen and oxygen atoms in total. The van der Waals surface area contributed by atoms with Crippen LogP contribution in [0, 0.1) is 0 Å². The summed E-state index contributed by atoms with van der Waals surface area (Å²) in [5, 5.41) is 13.9. The fourth-order valence-corrected chi connectivity index (χ4v) is 3.78. The summed E-state index contributed by atoms with van der Waals surface area (Å²) in [5.74, 6) is -0.714. The van der Waals surface area contributed by atoms with Crippen LogP contribution in [0.3, 0.4) is 0 Å². The molecule has 25 heavy (non-hydrogen) atoms. The molecular weight excluding hydrogens is 322 g/mol. The van der Waals surface area contributed by atoms with Gasteiger partial charge in [0.05, 0.1) is 31.8 Å². The van der Waals surface area contributed by atoms with E-state index in [4.69, 9.17) is 4.74 Å². The first-order valence-corrected chi connectivity index (χ1v) is 8.73. The number of ether oxygens (including phenoxy) is 1. The van der Waals surface area contributed by atoms with E-state index in [1.54, 1.807) is 10.6 Å². The van der Waals surface area contributed by atoms with E-state index in [2.05, 4.69) is 5.32 Å². The van der Waals surface area contributed by atoms with Crippen molar-refractivity contribution in [1.29, 1.82) is 0 Å². The first kappa shape index (κ1) is 16.1. The maximum Gasteiger partial charge on any atom is 0.267 e. The van der Waals surface area contributed by atoms with Crippen LogP contribution >= 0.6 is 0 Å². The Labute approximate surface area is 144 Å². The molecule has 0 aliphatic carbocycles. The number of nitrogens with one attached hydrogen (secondary N) is 2. The van der Waals surface area contributed by atoms with Gasteiger partial charge in [-0.2, -0.15) is 0 Å². The van der Waals surface area contributed by atoms with Gasteiger partial charge in [-0.3, -0.25) is 9.59 Å². The zero-order valence-electron chi connectivity index (χ0n) is 14.0. The van der Waals surface area contributed by atoms with E-state index in [9.17, 15) is 14.7 Å². The second kappa shape index (κ2) is 6.50. The summed E-state index contributed by atoms with van der Waals surface area (Å²) in [5.41, 5.74) is 1.22. The SMILES string of the molecule is O=C(NCC[NH+]1CCOCC1)c1c(O)c2cccc3c2n(c1=O)CC3. The standard InChI is InChI=1S/C18H21N3O4/c22-16-13-3-1-2-12-4-6-21(15(12)13)18(24)14(16)17(23)19-5-7-20-8-10-25-11-9-20/h1-3,22H,4-11H2,(H,19,23)/p+1. The third-order valence-corrected chi connectivity index (χ3v) is 5.14. The van der Waals surface area contributed by atoms with Gasteiger partial charge in [0, 0.05) is 11.9 Å². The number of pyridine rings is 1. The van der Waals surface area contributed by atoms with E-state index in [0.717, 1.165) is 50.3 Å². The minimum atomic E-state index is -0.502. The van der Waals surface area contributed by atoms with Crippen LogP contribution in [0.4, 0.5) is 0 Å². The van der Waals surface area contributed by atoms with Gasteiger partial charge in [0.25, 0.3) is 11.5 Å². The molecule has 3 heterocycles. The predicted octanol–water partition coefficient (Wildman–Crippen LogP) is -1.09. The molecule has 0 saturated carbocycles. The molecule has 1 saturated heterocycles. The smallest absolute Gasteiger partial charge is 0.267 e. The molecule has 4 rings (SSSR count). The monoisotopic (exact) mass is 344 g/mol. The summed E-state index contributed by atoms with van der Waals surface area (Å²) in [6, 6.07) is 5.56. The molecule has 1 fully saturated rings. The molecule has 132 valence electrons. The number of nitrogens with zero attached hydrogens (tertiary/aromatic N) is 1. The minimum absolute atomic E-state index is 0.150. The number of carbonyl (C=O) groups is 1. The number of morpholine rings is 1. The van der Waals surface area contributed by atoms with Crippen molar-refractivity contribution in [2.75, 3.05) is 39.4 Å². The fourth-order valence-electron chi connectivity index (χ4n) is 3.78. The maximum absolute atomic E-state index is 12.7. The molecule has 1 aromatic carbocycles. The minimum Gasteiger partial charge on any atom is -0.506 e. The molecule has 0 unspecified atom stereocenters. The second-order valence-corrected chi connectivity index (χ2v) is 6.61. The van der Waals surface area contributed by atoms with E-state index in [1.165, 1.54) is 4.90 Å². The predicted molar refractivity (Wildman–Crippen MR) is 92.3 cm³/mol. The van der Waals surface area contributed by atoms with Crippen LogP contribution in [0.25, 0.3) is 10.9 Å². The molecule has 0 spiro atoms. The number of amides is 1. The van der Waals surface area contributed by atoms with Crippen molar-refractivity contribution in [2.24, 2.45) is 0 Å². The van der Waals surface area contributed by atoms with Gasteiger partial charge in [0.1, 0.15) is 24.4 Å². The topological polar surface area (TPSA) is 85.0 Å². The number of hydrogen-bond donors (Lipinski definition) is 3. The number of rotatable bonds is 4. The van der Waals surface area contributed by atoms with Crippen molar-refractivity contribution in [3.8, 4) is 5.75 Å². The van der Waals surface area contributed by atoms with Gasteiger partial charge in [0.15, 0.2) is 0 Å². The van der Waals surface area contributed by atoms with Crippen LogP contribution < -0.4 is 15.8 Å². The van der Waals surface area contributed by atoms with Gasteiger partial charge in [-0.05, 0) is 18.1 Å². The number of benzene rings is 1. The first-order chi connectivity index (χ1) is 12.2. The fraction of sp³-hybridized carbons (Fsp3) is 0.444. The normalized spacial score (nSPS) is 17.1. The van der Waals surface area contributed by atoms with Crippen LogP contribution in [0.2, 0.25) is 0 Å². The number of para-hydroxylation sites is 1. The molecule has 0 radical (unpaired) electrons. The van der Waals surface area contributed by atoms with Gasteiger partial charge in [-0.1, -0.05) is 12.1 Å². The van der Waals surface area contributed by atoms with Crippen molar-refractivity contribution in [2.45, 2.75) is 13.0 Å². The lowest BCUT2D eigenvalue weighted by atomic mass is 10.1. The third kappa shape index (κ3) is 2.79. The third-order valence-electron chi connectivity index (χ3n) is 5.14. The summed E-state index contributed by atoms with van der Waals surface area (Å²) in [7, 11) is 0. The van der Waals surface area contributed by atoms with E-state index in [-0.39, 0.29) is 11.3 Å². The van der Waals surface area contributed by atoms with Gasteiger partial charge >= 0.3 is 0 Å². The molecule has 2 aromatic rings. The van der Waals surface area contributed by atoms with Crippen molar-refractivity contribution >= 4 is 16.8 Å². The van der Waals surface area contributed by atoms with E-state index in [1.807, 2.05) is 12.1 Å². The number of quaternary nitrogens is 1. The van der Waals surface area contributed by atoms with Crippen molar-refractivity contribution in [3.63, 3.8) is 0 Å². The lowest BCUT2D eigenvalue weighted by Gasteiger charge is -2.23. The summed E-state index contributed by atoms with van der Waals surface area (Å²) < 4.78 is 6.92. The highest BCUT2D eigenvalue weighted by atomic mass is 16.5. The molecule has 0 atom stereocenters. The largest absolute Gasteiger partial charge is 0.506 e. The average molecular weight is 344 g/mol. The zero-order valence-corrected chi connectivity index (χ0v) is 14.0. The van der Waals surface area contributed by atoms with E-state index >= 15 is 0 Å². The maximum atomic E-state index is 12.7. The summed E-state index contributed by atoms with van der Waals surface area (Å²) in [6.45, 7) is 5.11. The summed E-state index contributed by atoms with van der Waals surface area (Å²) >= 11 is 0. The lowest BCUT2D eigenvalue weighted by Crippen LogP contribution is -3.14. The van der Waals surface area contributed by atoms with Crippen molar-refractivity contribution in [3.05, 3.63) is 39.7 Å². The van der Waals surface area contributed by atoms with Crippen LogP contribution in [-0.2, 0) is 17.7 Å². The number of aromatic nitrogens is 1. The van der Waals surface area contributed by atoms with Crippen LogP contribution in [0.15, 0.2) is 23.0 Å². The Morgan fingerprint density at radius 1 is 1.32 bits per heavy atom. The zero-order chi connectivity index (χ0) is 17.4. The summed E-state index contributed by atoms with van der Waals surface area (Å²) in [6.07, 6.45) is 0.748. The molecule has 1 aromatic heterocycles. The van der Waals surface area contributed by atoms with Crippen molar-refractivity contribution < 1.29 is 19.5 Å². The second-order valence-electron chi connectivity index (χ2n) is 6.61. The van der Waals surface area contributed by atoms with Crippen LogP contribution in [0.1, 0.15) is 15.9 Å². The van der Waals surface area contributed by atoms with Gasteiger partial charge < -0.3 is 24.6 Å². The van der Waals surface area contributed by atoms with Crippen molar-refractivity contribution in [1.82, 2.24) is 9.88 Å². The molecule has 2 aliphatic heterocycles. The lowest BCUT2D eigenvalue weighted by molar-refractivity contribution is -0.906. The van der Waals surface area contributed by atoms with E-state index < -0.39 is 11.5 Å². The Morgan fingerprint density at radius 3 is 2.92 bits per heavy atom. The summed E-state index contributed by atoms with van der Waals surface area (Å²) in [4.78, 5) is 26.6. The van der Waals surface area contributed by atoms with Crippen LogP contribution in [0.5, 0.6) is 5.75 Å². The number of aromatic hydroxyl groups is 1. The number of aryl methyl sites for hydroxylation is 2. The van der Waals surface area contributed by atoms with Gasteiger partial charge in [-0.25, -0.2) is 0 Å². The molecule has 0 bridgehead atoms. The van der Waals surface area contributed by atoms with E-state index in [0.29, 0.717) is 18.5 Å². The van der Waals surface area contributed by atoms with Crippen LogP contribution in [-0.4, -0.2) is 55.0 Å². The highest BCUT2D eigenvalue weighted by Gasteiger charge is 2.26. The highest BCUT2D eigenvalue weighted by Crippen LogP contribution is 2.31. The Hall–Kier alpha value is -2.38. The Morgan fingerprint density at radius 2 is 2.12 bits per heavy atom. The van der Waals surface area contributed by atoms with Gasteiger partial charge in [0.2, 0.25) is 0 Å². The molecule has 2 aliphatic rings. The first-order valence-electron chi connectivity index (χ1n) is 8.73. The Balaban J connectivity index is 1.57. The average Bonchev–Trinajstić information content (AvgIpc) is 3.06. The highest BCUT2D eigenvalue weighted by molar-refractivity contribution is 6.03. The van der Waals surface area contributed by atoms with Gasteiger partial charge in [-0.15, -0.1) is 0 Å². The Bertz CT molecular complexity index is 884. The number of carbonyl (C=O) groups excluding carboxylic acids is 1. The quantitative estimate of drug-likeness (QED) is 0.658. The molecular formula is C18H22N3O4+. The molecule has 3 N–H and O–H groups in total.